The van der Waals surface area contributed by atoms with Crippen LogP contribution >= 0.6 is 0 Å². The maximum absolute atomic E-state index is 12.6. The van der Waals surface area contributed by atoms with Gasteiger partial charge in [-0.15, -0.1) is 0 Å². The van der Waals surface area contributed by atoms with E-state index < -0.39 is 4.92 Å². The number of rotatable bonds is 9. The number of amides is 1. The molecule has 0 radical (unpaired) electrons. The molecule has 2 atom stereocenters. The van der Waals surface area contributed by atoms with Crippen LogP contribution in [0.1, 0.15) is 60.9 Å². The Morgan fingerprint density at radius 1 is 1.13 bits per heavy atom. The maximum atomic E-state index is 12.6. The van der Waals surface area contributed by atoms with E-state index in [1.807, 2.05) is 12.1 Å². The van der Waals surface area contributed by atoms with Crippen LogP contribution in [0, 0.1) is 23.0 Å². The van der Waals surface area contributed by atoms with Crippen molar-refractivity contribution in [2.75, 3.05) is 7.11 Å². The van der Waals surface area contributed by atoms with E-state index in [-0.39, 0.29) is 35.5 Å². The molecule has 1 aliphatic rings. The average molecular weight is 516 g/mol. The molecule has 1 amide bonds. The molecule has 0 aliphatic heterocycles. The molecule has 38 heavy (non-hydrogen) atoms. The van der Waals surface area contributed by atoms with Crippen LogP contribution in [0.15, 0.2) is 65.8 Å². The lowest BCUT2D eigenvalue weighted by molar-refractivity contribution is -0.385. The third-order valence-corrected chi connectivity index (χ3v) is 6.78. The molecule has 3 aromatic rings. The highest BCUT2D eigenvalue weighted by molar-refractivity contribution is 5.85. The van der Waals surface area contributed by atoms with Gasteiger partial charge in [-0.2, -0.15) is 5.10 Å². The predicted octanol–water partition coefficient (Wildman–Crippen LogP) is 6.04. The normalized spacial score (nSPS) is 16.8. The first-order valence-corrected chi connectivity index (χ1v) is 12.5. The van der Waals surface area contributed by atoms with Gasteiger partial charge in [0, 0.05) is 23.1 Å². The molecular formula is C30H33N3O5. The molecule has 0 bridgehead atoms. The van der Waals surface area contributed by atoms with Gasteiger partial charge in [-0.3, -0.25) is 14.9 Å². The third kappa shape index (κ3) is 6.37. The van der Waals surface area contributed by atoms with Gasteiger partial charge in [-0.05, 0) is 71.7 Å². The summed E-state index contributed by atoms with van der Waals surface area (Å²) < 4.78 is 11.3. The number of benzene rings is 3. The highest BCUT2D eigenvalue weighted by Gasteiger charge is 2.44. The number of carbonyl (C=O) groups is 1. The third-order valence-electron chi connectivity index (χ3n) is 6.78. The van der Waals surface area contributed by atoms with Crippen LogP contribution in [0.3, 0.4) is 0 Å². The highest BCUT2D eigenvalue weighted by Crippen LogP contribution is 2.47. The second kappa shape index (κ2) is 11.0. The standard InChI is InChI=1S/C30H33N3O5/c1-19-14-24(11-12-27(19)33(35)36)38-18-22-15-20(6-13-28(22)37-5)17-31-32-29(34)26-16-25(26)21-7-9-23(10-8-21)30(2,3)4/h6-15,17,25-26H,16,18H2,1-5H3,(H,32,34)/t25-,26+/m0/s1. The fourth-order valence-corrected chi connectivity index (χ4v) is 4.41. The smallest absolute Gasteiger partial charge is 0.272 e. The van der Waals surface area contributed by atoms with Crippen molar-refractivity contribution in [2.45, 2.75) is 52.1 Å². The zero-order valence-corrected chi connectivity index (χ0v) is 22.4. The highest BCUT2D eigenvalue weighted by atomic mass is 16.6. The maximum Gasteiger partial charge on any atom is 0.272 e. The average Bonchev–Trinajstić information content (AvgIpc) is 3.68. The van der Waals surface area contributed by atoms with Gasteiger partial charge >= 0.3 is 0 Å². The summed E-state index contributed by atoms with van der Waals surface area (Å²) in [4.78, 5) is 23.2. The van der Waals surface area contributed by atoms with Crippen molar-refractivity contribution in [1.82, 2.24) is 5.43 Å². The zero-order valence-electron chi connectivity index (χ0n) is 22.4. The first-order chi connectivity index (χ1) is 18.1. The number of methoxy groups -OCH3 is 1. The number of nitro groups is 1. The van der Waals surface area contributed by atoms with Gasteiger partial charge in [-0.25, -0.2) is 5.43 Å². The van der Waals surface area contributed by atoms with Gasteiger partial charge in [0.25, 0.3) is 5.69 Å². The summed E-state index contributed by atoms with van der Waals surface area (Å²) in [6.45, 7) is 8.43. The number of ether oxygens (including phenoxy) is 2. The Balaban J connectivity index is 1.34. The van der Waals surface area contributed by atoms with Crippen molar-refractivity contribution in [3.63, 3.8) is 0 Å². The lowest BCUT2D eigenvalue weighted by Crippen LogP contribution is -2.20. The molecule has 0 unspecified atom stereocenters. The van der Waals surface area contributed by atoms with Gasteiger partial charge in [0.2, 0.25) is 5.91 Å². The van der Waals surface area contributed by atoms with Crippen molar-refractivity contribution < 1.29 is 19.2 Å². The fraction of sp³-hybridized carbons (Fsp3) is 0.333. The van der Waals surface area contributed by atoms with Crippen molar-refractivity contribution in [2.24, 2.45) is 11.0 Å². The summed E-state index contributed by atoms with van der Waals surface area (Å²) in [5.74, 6) is 1.23. The SMILES string of the molecule is COc1ccc(C=NNC(=O)[C@@H]2C[C@H]2c2ccc(C(C)(C)C)cc2)cc1COc1ccc([N+](=O)[O-])c(C)c1. The monoisotopic (exact) mass is 515 g/mol. The summed E-state index contributed by atoms with van der Waals surface area (Å²) in [6.07, 6.45) is 2.41. The number of nitrogens with zero attached hydrogens (tertiary/aromatic N) is 2. The minimum atomic E-state index is -0.419. The summed E-state index contributed by atoms with van der Waals surface area (Å²) in [6, 6.07) is 18.7. The van der Waals surface area contributed by atoms with Crippen molar-refractivity contribution in [3.05, 3.63) is 98.6 Å². The van der Waals surface area contributed by atoms with E-state index in [2.05, 4.69) is 55.6 Å². The molecule has 8 heteroatoms. The molecule has 3 aromatic carbocycles. The van der Waals surface area contributed by atoms with Gasteiger partial charge in [0.1, 0.15) is 18.1 Å². The number of hydrogen-bond donors (Lipinski definition) is 1. The summed E-state index contributed by atoms with van der Waals surface area (Å²) in [5, 5.41) is 15.2. The predicted molar refractivity (Wildman–Crippen MR) is 147 cm³/mol. The molecular weight excluding hydrogens is 482 g/mol. The molecule has 1 aliphatic carbocycles. The number of nitrogens with one attached hydrogen (secondary N) is 1. The van der Waals surface area contributed by atoms with E-state index in [0.29, 0.717) is 17.1 Å². The van der Waals surface area contributed by atoms with Gasteiger partial charge < -0.3 is 9.47 Å². The van der Waals surface area contributed by atoms with Crippen LogP contribution in [-0.2, 0) is 16.8 Å². The van der Waals surface area contributed by atoms with Crippen LogP contribution in [0.2, 0.25) is 0 Å². The van der Waals surface area contributed by atoms with Crippen LogP contribution in [0.5, 0.6) is 11.5 Å². The molecule has 1 saturated carbocycles. The molecule has 0 spiro atoms. The van der Waals surface area contributed by atoms with Crippen LogP contribution < -0.4 is 14.9 Å². The number of aryl methyl sites for hydroxylation is 1. The second-order valence-electron chi connectivity index (χ2n) is 10.6. The Morgan fingerprint density at radius 2 is 1.87 bits per heavy atom. The van der Waals surface area contributed by atoms with Gasteiger partial charge in [0.15, 0.2) is 0 Å². The molecule has 198 valence electrons. The van der Waals surface area contributed by atoms with Crippen LogP contribution in [0.25, 0.3) is 0 Å². The lowest BCUT2D eigenvalue weighted by Gasteiger charge is -2.19. The Kier molecular flexibility index (Phi) is 7.80. The van der Waals surface area contributed by atoms with Gasteiger partial charge in [0.05, 0.1) is 18.2 Å². The number of hydrogen-bond acceptors (Lipinski definition) is 6. The van der Waals surface area contributed by atoms with E-state index in [0.717, 1.165) is 17.5 Å². The summed E-state index contributed by atoms with van der Waals surface area (Å²) in [5.41, 5.74) is 7.35. The topological polar surface area (TPSA) is 103 Å². The molecule has 1 N–H and O–H groups in total. The van der Waals surface area contributed by atoms with E-state index >= 15 is 0 Å². The van der Waals surface area contributed by atoms with Crippen molar-refractivity contribution in [3.8, 4) is 11.5 Å². The number of nitro benzene ring substituents is 1. The Labute approximate surface area is 222 Å². The van der Waals surface area contributed by atoms with E-state index in [1.165, 1.54) is 17.2 Å². The minimum Gasteiger partial charge on any atom is -0.496 e. The molecule has 0 heterocycles. The van der Waals surface area contributed by atoms with Crippen molar-refractivity contribution >= 4 is 17.8 Å². The number of hydrazone groups is 1. The Bertz CT molecular complexity index is 1360. The largest absolute Gasteiger partial charge is 0.496 e. The first-order valence-electron chi connectivity index (χ1n) is 12.5. The zero-order chi connectivity index (χ0) is 27.4. The van der Waals surface area contributed by atoms with E-state index in [9.17, 15) is 14.9 Å². The fourth-order valence-electron chi connectivity index (χ4n) is 4.41. The summed E-state index contributed by atoms with van der Waals surface area (Å²) >= 11 is 0. The second-order valence-corrected chi connectivity index (χ2v) is 10.6. The van der Waals surface area contributed by atoms with Crippen molar-refractivity contribution in [1.29, 1.82) is 0 Å². The quantitative estimate of drug-likeness (QED) is 0.213. The van der Waals surface area contributed by atoms with Gasteiger partial charge in [-0.1, -0.05) is 45.0 Å². The molecule has 8 nitrogen and oxygen atoms in total. The van der Waals surface area contributed by atoms with E-state index in [4.69, 9.17) is 9.47 Å². The molecule has 0 aromatic heterocycles. The van der Waals surface area contributed by atoms with Crippen LogP contribution in [-0.4, -0.2) is 24.2 Å². The molecule has 0 saturated heterocycles. The molecule has 1 fully saturated rings. The Hall–Kier alpha value is -4.20. The van der Waals surface area contributed by atoms with Crippen LogP contribution in [0.4, 0.5) is 5.69 Å². The minimum absolute atomic E-state index is 0.0474. The first kappa shape index (κ1) is 26.9. The number of carbonyl (C=O) groups excluding carboxylic acids is 1. The molecule has 4 rings (SSSR count). The van der Waals surface area contributed by atoms with E-state index in [1.54, 1.807) is 38.4 Å². The lowest BCUT2D eigenvalue weighted by atomic mass is 9.86. The summed E-state index contributed by atoms with van der Waals surface area (Å²) in [7, 11) is 1.57. The Morgan fingerprint density at radius 3 is 2.50 bits per heavy atom.